The van der Waals surface area contributed by atoms with Crippen molar-refractivity contribution in [1.82, 2.24) is 29.9 Å². The molecule has 2 atom stereocenters. The highest BCUT2D eigenvalue weighted by Crippen LogP contribution is 2.38. The van der Waals surface area contributed by atoms with Crippen LogP contribution in [0.25, 0.3) is 22.1 Å². The maximum atomic E-state index is 6.24. The fraction of sp³-hybridized carbons (Fsp3) is 0.611. The average Bonchev–Trinajstić information content (AvgIpc) is 3.20. The van der Waals surface area contributed by atoms with Crippen molar-refractivity contribution in [2.75, 3.05) is 32.0 Å². The number of rotatable bonds is 3. The summed E-state index contributed by atoms with van der Waals surface area (Å²) in [5.41, 5.74) is 8.85. The number of nitrogens with one attached hydrogen (secondary N) is 1. The predicted octanol–water partition coefficient (Wildman–Crippen LogP) is 1.95. The van der Waals surface area contributed by atoms with E-state index in [-0.39, 0.29) is 5.54 Å². The minimum atomic E-state index is 0.198. The molecule has 0 saturated carbocycles. The zero-order valence-electron chi connectivity index (χ0n) is 15.3. The van der Waals surface area contributed by atoms with Gasteiger partial charge in [0.2, 0.25) is 0 Å². The van der Waals surface area contributed by atoms with Crippen molar-refractivity contribution in [3.8, 4) is 0 Å². The molecule has 2 unspecified atom stereocenters. The fourth-order valence-corrected chi connectivity index (χ4v) is 4.54. The molecule has 5 rings (SSSR count). The summed E-state index contributed by atoms with van der Waals surface area (Å²) in [6.45, 7) is 8.37. The van der Waals surface area contributed by atoms with Crippen molar-refractivity contribution in [3.05, 3.63) is 12.3 Å². The highest BCUT2D eigenvalue weighted by molar-refractivity contribution is 6.03. The molecule has 0 aromatic carbocycles. The van der Waals surface area contributed by atoms with E-state index < -0.39 is 0 Å². The van der Waals surface area contributed by atoms with E-state index >= 15 is 0 Å². The second-order valence-electron chi connectivity index (χ2n) is 7.82. The molecule has 2 aliphatic heterocycles. The van der Waals surface area contributed by atoms with Gasteiger partial charge in [0.15, 0.2) is 11.2 Å². The third-order valence-corrected chi connectivity index (χ3v) is 6.46. The number of hydrogen-bond donors (Lipinski definition) is 2. The Balaban J connectivity index is 1.60. The van der Waals surface area contributed by atoms with E-state index in [1.54, 1.807) is 6.20 Å². The number of fused-ring (bicyclic) bond motifs is 3. The number of anilines is 1. The van der Waals surface area contributed by atoms with E-state index in [1.807, 2.05) is 6.07 Å². The lowest BCUT2D eigenvalue weighted by atomic mass is 9.85. The number of hydrogen-bond acceptors (Lipinski definition) is 6. The predicted molar refractivity (Wildman–Crippen MR) is 99.8 cm³/mol. The molecule has 5 heterocycles. The van der Waals surface area contributed by atoms with Gasteiger partial charge >= 0.3 is 0 Å². The molecule has 26 heavy (non-hydrogen) atoms. The van der Waals surface area contributed by atoms with Gasteiger partial charge in [-0.2, -0.15) is 0 Å². The van der Waals surface area contributed by atoms with Crippen LogP contribution in [0.2, 0.25) is 0 Å². The molecule has 2 saturated heterocycles. The second kappa shape index (κ2) is 5.65. The van der Waals surface area contributed by atoms with Gasteiger partial charge in [0.1, 0.15) is 11.3 Å². The van der Waals surface area contributed by atoms with Crippen LogP contribution in [0.15, 0.2) is 12.3 Å². The first kappa shape index (κ1) is 16.0. The lowest BCUT2D eigenvalue weighted by Crippen LogP contribution is -2.64. The standard InChI is InChI=1S/C18H25N7O/c1-3-18(9-26-10-18)24-7-5-11(2)13(8-24)25-15-12-4-6-20-17(12)22-21-14(15)16(19)23-25/h4,6,11,13,23H,3,5,7-10,19H2,1-2H3. The topological polar surface area (TPSA) is 97.9 Å². The van der Waals surface area contributed by atoms with Crippen LogP contribution in [0.5, 0.6) is 0 Å². The van der Waals surface area contributed by atoms with Crippen LogP contribution in [0, 0.1) is 5.92 Å². The molecule has 8 heteroatoms. The number of nitrogen functional groups attached to an aromatic ring is 1. The minimum Gasteiger partial charge on any atom is -0.382 e. The Hall–Kier alpha value is -2.19. The Bertz CT molecular complexity index is 952. The smallest absolute Gasteiger partial charge is 0.184 e. The zero-order valence-corrected chi connectivity index (χ0v) is 15.3. The number of nitrogens with two attached hydrogens (primary N) is 1. The van der Waals surface area contributed by atoms with E-state index in [2.05, 4.69) is 43.7 Å². The molecule has 3 aromatic rings. The Morgan fingerprint density at radius 3 is 2.96 bits per heavy atom. The lowest BCUT2D eigenvalue weighted by molar-refractivity contribution is -0.154. The molecule has 2 fully saturated rings. The molecule has 0 bridgehead atoms. The summed E-state index contributed by atoms with van der Waals surface area (Å²) in [7, 11) is 0. The van der Waals surface area contributed by atoms with Crippen molar-refractivity contribution in [2.24, 2.45) is 5.92 Å². The summed E-state index contributed by atoms with van der Waals surface area (Å²) in [4.78, 5) is 6.92. The molecule has 8 nitrogen and oxygen atoms in total. The molecule has 138 valence electrons. The quantitative estimate of drug-likeness (QED) is 0.745. The maximum Gasteiger partial charge on any atom is 0.184 e. The van der Waals surface area contributed by atoms with Crippen LogP contribution in [0.4, 0.5) is 5.82 Å². The van der Waals surface area contributed by atoms with E-state index in [4.69, 9.17) is 10.5 Å². The average molecular weight is 355 g/mol. The van der Waals surface area contributed by atoms with Crippen molar-refractivity contribution < 1.29 is 4.74 Å². The summed E-state index contributed by atoms with van der Waals surface area (Å²) < 4.78 is 7.78. The van der Waals surface area contributed by atoms with Gasteiger partial charge in [0.05, 0.1) is 30.2 Å². The van der Waals surface area contributed by atoms with Crippen LogP contribution >= 0.6 is 0 Å². The molecule has 0 radical (unpaired) electrons. The Morgan fingerprint density at radius 1 is 1.38 bits per heavy atom. The number of H-pyrrole nitrogens is 1. The fourth-order valence-electron chi connectivity index (χ4n) is 4.54. The van der Waals surface area contributed by atoms with Gasteiger partial charge in [-0.3, -0.25) is 14.7 Å². The maximum absolute atomic E-state index is 6.24. The van der Waals surface area contributed by atoms with E-state index in [0.717, 1.165) is 55.6 Å². The molecule has 2 aliphatic rings. The zero-order chi connectivity index (χ0) is 17.9. The van der Waals surface area contributed by atoms with Crippen LogP contribution in [-0.2, 0) is 4.74 Å². The lowest BCUT2D eigenvalue weighted by Gasteiger charge is -2.53. The van der Waals surface area contributed by atoms with Crippen LogP contribution < -0.4 is 5.73 Å². The van der Waals surface area contributed by atoms with Gasteiger partial charge in [-0.15, -0.1) is 10.2 Å². The van der Waals surface area contributed by atoms with Crippen LogP contribution in [0.1, 0.15) is 32.7 Å². The summed E-state index contributed by atoms with van der Waals surface area (Å²) >= 11 is 0. The first-order chi connectivity index (χ1) is 12.6. The second-order valence-corrected chi connectivity index (χ2v) is 7.82. The van der Waals surface area contributed by atoms with Gasteiger partial charge in [-0.05, 0) is 31.4 Å². The normalized spacial score (nSPS) is 26.4. The minimum absolute atomic E-state index is 0.198. The molecule has 3 aromatic heterocycles. The summed E-state index contributed by atoms with van der Waals surface area (Å²) in [6, 6.07) is 2.30. The Labute approximate surface area is 151 Å². The van der Waals surface area contributed by atoms with E-state index in [1.165, 1.54) is 0 Å². The van der Waals surface area contributed by atoms with Gasteiger partial charge < -0.3 is 10.5 Å². The summed E-state index contributed by atoms with van der Waals surface area (Å²) in [5, 5.41) is 12.9. The van der Waals surface area contributed by atoms with Crippen LogP contribution in [-0.4, -0.2) is 61.7 Å². The first-order valence-corrected chi connectivity index (χ1v) is 9.42. The largest absolute Gasteiger partial charge is 0.382 e. The van der Waals surface area contributed by atoms with Crippen molar-refractivity contribution in [2.45, 2.75) is 38.3 Å². The van der Waals surface area contributed by atoms with Gasteiger partial charge in [0.25, 0.3) is 0 Å². The molecular formula is C18H25N7O. The van der Waals surface area contributed by atoms with Crippen molar-refractivity contribution in [1.29, 1.82) is 0 Å². The van der Waals surface area contributed by atoms with E-state index in [0.29, 0.717) is 23.4 Å². The summed E-state index contributed by atoms with van der Waals surface area (Å²) in [5.74, 6) is 1.11. The number of nitrogens with zero attached hydrogens (tertiary/aromatic N) is 5. The first-order valence-electron chi connectivity index (χ1n) is 9.42. The Morgan fingerprint density at radius 2 is 2.23 bits per heavy atom. The molecule has 0 spiro atoms. The third-order valence-electron chi connectivity index (χ3n) is 6.46. The number of likely N-dealkylation sites (tertiary alicyclic amines) is 1. The van der Waals surface area contributed by atoms with Gasteiger partial charge in [-0.1, -0.05) is 13.8 Å². The highest BCUT2D eigenvalue weighted by Gasteiger charge is 2.45. The number of aromatic amines is 1. The molecule has 0 amide bonds. The molecule has 3 N–H and O–H groups in total. The number of aromatic nitrogens is 5. The van der Waals surface area contributed by atoms with Crippen molar-refractivity contribution in [3.63, 3.8) is 0 Å². The number of ether oxygens (including phenoxy) is 1. The monoisotopic (exact) mass is 355 g/mol. The molecule has 0 aliphatic carbocycles. The Kier molecular flexibility index (Phi) is 3.48. The SMILES string of the molecule is CCC1(N2CCC(C)C(n3[nH]c(N)c4nnc5nccc5c43)C2)COC1. The van der Waals surface area contributed by atoms with Crippen molar-refractivity contribution >= 4 is 27.9 Å². The molecular weight excluding hydrogens is 330 g/mol. The van der Waals surface area contributed by atoms with Crippen LogP contribution in [0.3, 0.4) is 0 Å². The third kappa shape index (κ3) is 2.12. The summed E-state index contributed by atoms with van der Waals surface area (Å²) in [6.07, 6.45) is 4.05. The van der Waals surface area contributed by atoms with Gasteiger partial charge in [0, 0.05) is 12.7 Å². The van der Waals surface area contributed by atoms with E-state index in [9.17, 15) is 0 Å². The number of piperidine rings is 1. The highest BCUT2D eigenvalue weighted by atomic mass is 16.5. The van der Waals surface area contributed by atoms with Gasteiger partial charge in [-0.25, -0.2) is 4.98 Å².